The highest BCUT2D eigenvalue weighted by atomic mass is 32.1. The Kier molecular flexibility index (Phi) is 7.44. The van der Waals surface area contributed by atoms with Crippen LogP contribution in [0, 0.1) is 0 Å². The smallest absolute Gasteiger partial charge is 0.251 e. The molecule has 1 N–H and O–H groups in total. The summed E-state index contributed by atoms with van der Waals surface area (Å²) in [7, 11) is 4.76. The summed E-state index contributed by atoms with van der Waals surface area (Å²) in [6.45, 7) is 0.498. The molecule has 0 atom stereocenters. The van der Waals surface area contributed by atoms with Crippen molar-refractivity contribution in [2.75, 3.05) is 27.9 Å². The summed E-state index contributed by atoms with van der Waals surface area (Å²) < 4.78 is 16.3. The van der Waals surface area contributed by atoms with Gasteiger partial charge in [-0.05, 0) is 35.4 Å². The van der Waals surface area contributed by atoms with E-state index in [1.54, 1.807) is 21.3 Å². The zero-order valence-corrected chi connectivity index (χ0v) is 20.1. The number of thiazole rings is 1. The van der Waals surface area contributed by atoms with Crippen LogP contribution in [0.5, 0.6) is 17.2 Å². The zero-order valence-electron chi connectivity index (χ0n) is 19.3. The lowest BCUT2D eigenvalue weighted by molar-refractivity contribution is 0.0954. The van der Waals surface area contributed by atoms with Gasteiger partial charge in [0.2, 0.25) is 5.75 Å². The second-order valence-electron chi connectivity index (χ2n) is 7.51. The molecule has 1 amide bonds. The van der Waals surface area contributed by atoms with Gasteiger partial charge in [-0.3, -0.25) is 4.79 Å². The average molecular weight is 475 g/mol. The maximum Gasteiger partial charge on any atom is 0.251 e. The standard InChI is InChI=1S/C27H26N2O4S/c1-31-23-15-21(16-24(32-2)25(23)33-3)27-29-22(17-34-27)13-14-28-26(30)20-11-9-19(10-12-20)18-7-5-4-6-8-18/h4-12,15-17H,13-14H2,1-3H3,(H,28,30). The van der Waals surface area contributed by atoms with Crippen molar-refractivity contribution < 1.29 is 19.0 Å². The number of methoxy groups -OCH3 is 3. The van der Waals surface area contributed by atoms with Gasteiger partial charge in [0.05, 0.1) is 27.0 Å². The molecule has 0 spiro atoms. The van der Waals surface area contributed by atoms with Crippen LogP contribution in [-0.4, -0.2) is 38.8 Å². The Morgan fingerprint density at radius 2 is 1.50 bits per heavy atom. The molecule has 0 unspecified atom stereocenters. The van der Waals surface area contributed by atoms with E-state index < -0.39 is 0 Å². The lowest BCUT2D eigenvalue weighted by atomic mass is 10.0. The Morgan fingerprint density at radius 3 is 2.12 bits per heavy atom. The van der Waals surface area contributed by atoms with Crippen molar-refractivity contribution >= 4 is 17.2 Å². The summed E-state index contributed by atoms with van der Waals surface area (Å²) in [4.78, 5) is 17.3. The number of nitrogens with zero attached hydrogens (tertiary/aromatic N) is 1. The number of rotatable bonds is 9. The van der Waals surface area contributed by atoms with E-state index in [2.05, 4.69) is 17.4 Å². The Bertz CT molecular complexity index is 1230. The SMILES string of the molecule is COc1cc(-c2nc(CCNC(=O)c3ccc(-c4ccccc4)cc3)cs2)cc(OC)c1OC. The Morgan fingerprint density at radius 1 is 0.853 bits per heavy atom. The highest BCUT2D eigenvalue weighted by Crippen LogP contribution is 2.41. The van der Waals surface area contributed by atoms with Crippen LogP contribution in [0.25, 0.3) is 21.7 Å². The molecule has 1 heterocycles. The van der Waals surface area contributed by atoms with Crippen LogP contribution < -0.4 is 19.5 Å². The average Bonchev–Trinajstić information content (AvgIpc) is 3.37. The van der Waals surface area contributed by atoms with Crippen LogP contribution in [0.4, 0.5) is 0 Å². The van der Waals surface area contributed by atoms with Crippen LogP contribution in [-0.2, 0) is 6.42 Å². The molecule has 0 saturated heterocycles. The third-order valence-corrected chi connectivity index (χ3v) is 6.32. The van der Waals surface area contributed by atoms with Crippen molar-refractivity contribution in [3.8, 4) is 38.9 Å². The number of carbonyl (C=O) groups is 1. The van der Waals surface area contributed by atoms with E-state index in [1.165, 1.54) is 11.3 Å². The normalized spacial score (nSPS) is 10.6. The van der Waals surface area contributed by atoms with Gasteiger partial charge in [0.15, 0.2) is 11.5 Å². The third-order valence-electron chi connectivity index (χ3n) is 5.38. The van der Waals surface area contributed by atoms with Gasteiger partial charge in [-0.1, -0.05) is 42.5 Å². The minimum Gasteiger partial charge on any atom is -0.493 e. The van der Waals surface area contributed by atoms with Crippen LogP contribution >= 0.6 is 11.3 Å². The van der Waals surface area contributed by atoms with E-state index in [9.17, 15) is 4.79 Å². The predicted octanol–water partition coefficient (Wildman–Crippen LogP) is 5.48. The number of hydrogen-bond acceptors (Lipinski definition) is 6. The number of nitrogens with one attached hydrogen (secondary N) is 1. The van der Waals surface area contributed by atoms with Gasteiger partial charge in [0, 0.05) is 29.5 Å². The summed E-state index contributed by atoms with van der Waals surface area (Å²) in [6, 6.07) is 21.5. The number of aromatic nitrogens is 1. The second kappa shape index (κ2) is 10.9. The lowest BCUT2D eigenvalue weighted by Crippen LogP contribution is -2.25. The topological polar surface area (TPSA) is 69.7 Å². The molecule has 4 aromatic rings. The Labute approximate surface area is 203 Å². The van der Waals surface area contributed by atoms with E-state index in [0.29, 0.717) is 35.8 Å². The van der Waals surface area contributed by atoms with Crippen molar-refractivity contribution in [2.45, 2.75) is 6.42 Å². The molecule has 3 aromatic carbocycles. The van der Waals surface area contributed by atoms with Crippen LogP contribution in [0.15, 0.2) is 72.1 Å². The molecule has 0 aliphatic rings. The number of benzene rings is 3. The monoisotopic (exact) mass is 474 g/mol. The van der Waals surface area contributed by atoms with E-state index in [4.69, 9.17) is 19.2 Å². The van der Waals surface area contributed by atoms with Gasteiger partial charge >= 0.3 is 0 Å². The van der Waals surface area contributed by atoms with Gasteiger partial charge in [-0.2, -0.15) is 0 Å². The molecule has 174 valence electrons. The van der Waals surface area contributed by atoms with Crippen LogP contribution in [0.1, 0.15) is 16.1 Å². The Balaban J connectivity index is 1.37. The van der Waals surface area contributed by atoms with Crippen LogP contribution in [0.3, 0.4) is 0 Å². The second-order valence-corrected chi connectivity index (χ2v) is 8.37. The first-order valence-corrected chi connectivity index (χ1v) is 11.7. The fraction of sp³-hybridized carbons (Fsp3) is 0.185. The summed E-state index contributed by atoms with van der Waals surface area (Å²) >= 11 is 1.53. The molecule has 4 rings (SSSR count). The molecule has 7 heteroatoms. The molecule has 0 aliphatic heterocycles. The lowest BCUT2D eigenvalue weighted by Gasteiger charge is -2.13. The molecule has 34 heavy (non-hydrogen) atoms. The first kappa shape index (κ1) is 23.3. The molecule has 1 aromatic heterocycles. The van der Waals surface area contributed by atoms with Crippen molar-refractivity contribution in [1.82, 2.24) is 10.3 Å². The number of carbonyl (C=O) groups excluding carboxylic acids is 1. The minimum atomic E-state index is -0.0975. The van der Waals surface area contributed by atoms with E-state index in [1.807, 2.05) is 60.0 Å². The first-order chi connectivity index (χ1) is 16.6. The maximum absolute atomic E-state index is 12.5. The van der Waals surface area contributed by atoms with Crippen molar-refractivity contribution in [1.29, 1.82) is 0 Å². The summed E-state index contributed by atoms with van der Waals surface area (Å²) in [6.07, 6.45) is 0.634. The fourth-order valence-corrected chi connectivity index (χ4v) is 4.45. The highest BCUT2D eigenvalue weighted by Gasteiger charge is 2.16. The third kappa shape index (κ3) is 5.21. The minimum absolute atomic E-state index is 0.0975. The highest BCUT2D eigenvalue weighted by molar-refractivity contribution is 7.13. The Hall–Kier alpha value is -3.84. The van der Waals surface area contributed by atoms with E-state index in [0.717, 1.165) is 27.4 Å². The summed E-state index contributed by atoms with van der Waals surface area (Å²) in [5.41, 5.74) is 4.64. The first-order valence-electron chi connectivity index (χ1n) is 10.8. The van der Waals surface area contributed by atoms with Crippen molar-refractivity contribution in [3.05, 3.63) is 83.4 Å². The van der Waals surface area contributed by atoms with Crippen molar-refractivity contribution in [2.24, 2.45) is 0 Å². The molecule has 0 aliphatic carbocycles. The molecule has 0 fully saturated rings. The van der Waals surface area contributed by atoms with Gasteiger partial charge in [0.1, 0.15) is 5.01 Å². The molecule has 6 nitrogen and oxygen atoms in total. The number of hydrogen-bond donors (Lipinski definition) is 1. The number of ether oxygens (including phenoxy) is 3. The largest absolute Gasteiger partial charge is 0.493 e. The van der Waals surface area contributed by atoms with Crippen LogP contribution in [0.2, 0.25) is 0 Å². The molecule has 0 saturated carbocycles. The van der Waals surface area contributed by atoms with Crippen molar-refractivity contribution in [3.63, 3.8) is 0 Å². The summed E-state index contributed by atoms with van der Waals surface area (Å²) in [5.74, 6) is 1.61. The van der Waals surface area contributed by atoms with Gasteiger partial charge < -0.3 is 19.5 Å². The van der Waals surface area contributed by atoms with E-state index >= 15 is 0 Å². The van der Waals surface area contributed by atoms with E-state index in [-0.39, 0.29) is 5.91 Å². The summed E-state index contributed by atoms with van der Waals surface area (Å²) in [5, 5.41) is 5.82. The molecular formula is C27H26N2O4S. The zero-order chi connectivity index (χ0) is 23.9. The predicted molar refractivity (Wildman–Crippen MR) is 135 cm³/mol. The maximum atomic E-state index is 12.5. The van der Waals surface area contributed by atoms with Gasteiger partial charge in [-0.25, -0.2) is 4.98 Å². The number of amides is 1. The van der Waals surface area contributed by atoms with Gasteiger partial charge in [-0.15, -0.1) is 11.3 Å². The molecule has 0 bridgehead atoms. The molecular weight excluding hydrogens is 448 g/mol. The quantitative estimate of drug-likeness (QED) is 0.348. The fourth-order valence-electron chi connectivity index (χ4n) is 3.61. The molecule has 0 radical (unpaired) electrons. The van der Waals surface area contributed by atoms with Gasteiger partial charge in [0.25, 0.3) is 5.91 Å².